The maximum Gasteiger partial charge on any atom is 0.268 e. The van der Waals surface area contributed by atoms with Crippen molar-refractivity contribution >= 4 is 22.6 Å². The first kappa shape index (κ1) is 15.2. The van der Waals surface area contributed by atoms with Crippen LogP contribution in [0.5, 0.6) is 5.75 Å². The van der Waals surface area contributed by atoms with E-state index in [1.807, 2.05) is 18.2 Å². The molecule has 1 aromatic carbocycles. The Bertz CT molecular complexity index is 826. The lowest BCUT2D eigenvalue weighted by atomic mass is 9.84. The van der Waals surface area contributed by atoms with E-state index in [1.165, 1.54) is 0 Å². The Morgan fingerprint density at radius 3 is 2.92 bits per heavy atom. The van der Waals surface area contributed by atoms with Gasteiger partial charge in [0.05, 0.1) is 13.2 Å². The number of benzene rings is 1. The van der Waals surface area contributed by atoms with Crippen LogP contribution in [0.4, 0.5) is 0 Å². The molecule has 2 aliphatic heterocycles. The van der Waals surface area contributed by atoms with E-state index in [0.29, 0.717) is 5.69 Å². The van der Waals surface area contributed by atoms with Gasteiger partial charge in [-0.1, -0.05) is 0 Å². The summed E-state index contributed by atoms with van der Waals surface area (Å²) < 4.78 is 5.32. The molecule has 24 heavy (non-hydrogen) atoms. The molecular formula is C18H21N3O3. The van der Waals surface area contributed by atoms with Crippen LogP contribution in [0.2, 0.25) is 0 Å². The van der Waals surface area contributed by atoms with Crippen molar-refractivity contribution in [2.24, 2.45) is 5.92 Å². The van der Waals surface area contributed by atoms with E-state index in [9.17, 15) is 9.59 Å². The van der Waals surface area contributed by atoms with E-state index < -0.39 is 0 Å². The Balaban J connectivity index is 1.73. The molecule has 0 bridgehead atoms. The summed E-state index contributed by atoms with van der Waals surface area (Å²) in [6.45, 7) is 2.43. The van der Waals surface area contributed by atoms with Crippen LogP contribution >= 0.6 is 0 Å². The maximum atomic E-state index is 12.6. The van der Waals surface area contributed by atoms with Crippen LogP contribution < -0.4 is 15.4 Å². The van der Waals surface area contributed by atoms with Gasteiger partial charge in [0.1, 0.15) is 17.2 Å². The SMILES string of the molecule is COc1ccc2[nH]c3c(c2c1)CC(C1CCN[C@@H]1C(C)=O)NC3=O. The van der Waals surface area contributed by atoms with E-state index in [-0.39, 0.29) is 29.7 Å². The molecule has 6 heteroatoms. The highest BCUT2D eigenvalue weighted by molar-refractivity contribution is 6.02. The van der Waals surface area contributed by atoms with Crippen molar-refractivity contribution in [2.45, 2.75) is 31.8 Å². The molecule has 1 amide bonds. The molecule has 3 N–H and O–H groups in total. The molecule has 1 aromatic heterocycles. The Morgan fingerprint density at radius 2 is 2.17 bits per heavy atom. The summed E-state index contributed by atoms with van der Waals surface area (Å²) in [4.78, 5) is 27.7. The fourth-order valence-corrected chi connectivity index (χ4v) is 4.13. The standard InChI is InChI=1S/C18H21N3O3/c1-9(22)16-11(5-6-19-16)15-8-13-12-7-10(24-2)3-4-14(12)20-17(13)18(23)21-15/h3-4,7,11,15-16,19-20H,5-6,8H2,1-2H3,(H,21,23)/t11?,15?,16-/m1/s1. The van der Waals surface area contributed by atoms with Gasteiger partial charge in [0, 0.05) is 22.9 Å². The number of methoxy groups -OCH3 is 1. The molecule has 2 aliphatic rings. The largest absolute Gasteiger partial charge is 0.497 e. The highest BCUT2D eigenvalue weighted by Crippen LogP contribution is 2.33. The van der Waals surface area contributed by atoms with Crippen molar-refractivity contribution in [3.05, 3.63) is 29.5 Å². The van der Waals surface area contributed by atoms with Crippen LogP contribution in [0.15, 0.2) is 18.2 Å². The van der Waals surface area contributed by atoms with Crippen LogP contribution in [0, 0.1) is 5.92 Å². The van der Waals surface area contributed by atoms with Gasteiger partial charge in [-0.25, -0.2) is 0 Å². The highest BCUT2D eigenvalue weighted by Gasteiger charge is 2.40. The summed E-state index contributed by atoms with van der Waals surface area (Å²) in [7, 11) is 1.64. The van der Waals surface area contributed by atoms with Gasteiger partial charge in [0.15, 0.2) is 0 Å². The smallest absolute Gasteiger partial charge is 0.268 e. The summed E-state index contributed by atoms with van der Waals surface area (Å²) in [5, 5.41) is 7.38. The molecule has 3 heterocycles. The number of ketones is 1. The van der Waals surface area contributed by atoms with Crippen molar-refractivity contribution in [3.8, 4) is 5.75 Å². The molecule has 6 nitrogen and oxygen atoms in total. The minimum Gasteiger partial charge on any atom is -0.497 e. The number of hydrogen-bond donors (Lipinski definition) is 3. The topological polar surface area (TPSA) is 83.2 Å². The third-order valence-corrected chi connectivity index (χ3v) is 5.31. The molecule has 0 saturated carbocycles. The van der Waals surface area contributed by atoms with Gasteiger partial charge in [-0.05, 0) is 50.1 Å². The Labute approximate surface area is 139 Å². The normalized spacial score (nSPS) is 26.2. The number of amides is 1. The van der Waals surface area contributed by atoms with Crippen molar-refractivity contribution in [1.29, 1.82) is 0 Å². The number of aromatic nitrogens is 1. The molecule has 3 atom stereocenters. The molecule has 0 radical (unpaired) electrons. The first-order valence-electron chi connectivity index (χ1n) is 8.31. The van der Waals surface area contributed by atoms with Crippen LogP contribution in [-0.2, 0) is 11.2 Å². The summed E-state index contributed by atoms with van der Waals surface area (Å²) in [5.41, 5.74) is 2.58. The average Bonchev–Trinajstić information content (AvgIpc) is 3.19. The zero-order chi connectivity index (χ0) is 16.8. The molecule has 2 unspecified atom stereocenters. The lowest BCUT2D eigenvalue weighted by Crippen LogP contribution is -2.50. The second kappa shape index (κ2) is 5.63. The number of carbonyl (C=O) groups excluding carboxylic acids is 2. The summed E-state index contributed by atoms with van der Waals surface area (Å²) >= 11 is 0. The molecule has 0 spiro atoms. The third-order valence-electron chi connectivity index (χ3n) is 5.31. The molecular weight excluding hydrogens is 306 g/mol. The van der Waals surface area contributed by atoms with Gasteiger partial charge >= 0.3 is 0 Å². The van der Waals surface area contributed by atoms with Crippen LogP contribution in [0.3, 0.4) is 0 Å². The van der Waals surface area contributed by atoms with Crippen molar-refractivity contribution in [3.63, 3.8) is 0 Å². The number of ether oxygens (including phenoxy) is 1. The van der Waals surface area contributed by atoms with Crippen LogP contribution in [0.1, 0.15) is 29.4 Å². The first-order valence-corrected chi connectivity index (χ1v) is 8.31. The molecule has 0 aliphatic carbocycles. The number of fused-ring (bicyclic) bond motifs is 3. The Morgan fingerprint density at radius 1 is 1.33 bits per heavy atom. The third kappa shape index (κ3) is 2.29. The van der Waals surface area contributed by atoms with Gasteiger partial charge in [-0.2, -0.15) is 0 Å². The number of nitrogens with one attached hydrogen (secondary N) is 3. The number of H-pyrrole nitrogens is 1. The Kier molecular flexibility index (Phi) is 3.57. The Hall–Kier alpha value is -2.34. The minimum absolute atomic E-state index is 0.0286. The number of rotatable bonds is 3. The highest BCUT2D eigenvalue weighted by atomic mass is 16.5. The quantitative estimate of drug-likeness (QED) is 0.796. The van der Waals surface area contributed by atoms with Crippen molar-refractivity contribution in [1.82, 2.24) is 15.6 Å². The number of carbonyl (C=O) groups is 2. The number of aromatic amines is 1. The monoisotopic (exact) mass is 327 g/mol. The number of hydrogen-bond acceptors (Lipinski definition) is 4. The molecule has 126 valence electrons. The second-order valence-corrected chi connectivity index (χ2v) is 6.67. The lowest BCUT2D eigenvalue weighted by Gasteiger charge is -2.31. The van der Waals surface area contributed by atoms with Crippen LogP contribution in [-0.4, -0.2) is 42.4 Å². The fourth-order valence-electron chi connectivity index (χ4n) is 4.13. The number of Topliss-reactive ketones (excluding diaryl/α,β-unsaturated/α-hetero) is 1. The molecule has 1 saturated heterocycles. The van der Waals surface area contributed by atoms with E-state index in [0.717, 1.165) is 41.6 Å². The van der Waals surface area contributed by atoms with Gasteiger partial charge in [-0.3, -0.25) is 9.59 Å². The van der Waals surface area contributed by atoms with Gasteiger partial charge in [-0.15, -0.1) is 0 Å². The van der Waals surface area contributed by atoms with Crippen molar-refractivity contribution < 1.29 is 14.3 Å². The minimum atomic E-state index is -0.170. The summed E-state index contributed by atoms with van der Waals surface area (Å²) in [6.07, 6.45) is 1.63. The van der Waals surface area contributed by atoms with Gasteiger partial charge in [0.2, 0.25) is 0 Å². The second-order valence-electron chi connectivity index (χ2n) is 6.67. The zero-order valence-electron chi connectivity index (χ0n) is 13.8. The average molecular weight is 327 g/mol. The van der Waals surface area contributed by atoms with E-state index in [2.05, 4.69) is 15.6 Å². The van der Waals surface area contributed by atoms with E-state index >= 15 is 0 Å². The molecule has 4 rings (SSSR count). The van der Waals surface area contributed by atoms with Gasteiger partial charge < -0.3 is 20.4 Å². The van der Waals surface area contributed by atoms with Crippen molar-refractivity contribution in [2.75, 3.05) is 13.7 Å². The van der Waals surface area contributed by atoms with E-state index in [4.69, 9.17) is 4.74 Å². The summed E-state index contributed by atoms with van der Waals surface area (Å²) in [6, 6.07) is 5.59. The van der Waals surface area contributed by atoms with E-state index in [1.54, 1.807) is 14.0 Å². The predicted molar refractivity (Wildman–Crippen MR) is 90.4 cm³/mol. The predicted octanol–water partition coefficient (Wildman–Crippen LogP) is 1.40. The molecule has 1 fully saturated rings. The molecule has 2 aromatic rings. The summed E-state index contributed by atoms with van der Waals surface area (Å²) in [5.74, 6) is 0.954. The van der Waals surface area contributed by atoms with Crippen LogP contribution in [0.25, 0.3) is 10.9 Å². The van der Waals surface area contributed by atoms with Gasteiger partial charge in [0.25, 0.3) is 5.91 Å². The zero-order valence-corrected chi connectivity index (χ0v) is 13.8. The maximum absolute atomic E-state index is 12.6. The lowest BCUT2D eigenvalue weighted by molar-refractivity contribution is -0.119. The fraction of sp³-hybridized carbons (Fsp3) is 0.444. The first-order chi connectivity index (χ1) is 11.6.